The maximum Gasteiger partial charge on any atom is 0.331 e. The Kier molecular flexibility index (Phi) is 8.32. The highest BCUT2D eigenvalue weighted by Crippen LogP contribution is 2.07. The van der Waals surface area contributed by atoms with Crippen LogP contribution in [0.15, 0.2) is 30.3 Å². The van der Waals surface area contributed by atoms with Crippen molar-refractivity contribution in [2.75, 3.05) is 13.7 Å². The molecule has 0 saturated carbocycles. The molecule has 7 heteroatoms. The fraction of sp³-hybridized carbons (Fsp3) is 0.389. The maximum atomic E-state index is 12.8. The van der Waals surface area contributed by atoms with Crippen LogP contribution in [0, 0.1) is 11.7 Å². The van der Waals surface area contributed by atoms with Crippen molar-refractivity contribution >= 4 is 23.9 Å². The summed E-state index contributed by atoms with van der Waals surface area (Å²) in [5.41, 5.74) is 0.616. The number of benzene rings is 1. The molecule has 136 valence electrons. The lowest BCUT2D eigenvalue weighted by molar-refractivity contribution is -0.148. The van der Waals surface area contributed by atoms with E-state index in [0.29, 0.717) is 12.0 Å². The molecule has 0 aromatic heterocycles. The third kappa shape index (κ3) is 8.10. The third-order valence-electron chi connectivity index (χ3n) is 3.16. The minimum atomic E-state index is -0.786. The van der Waals surface area contributed by atoms with Gasteiger partial charge in [0.1, 0.15) is 11.9 Å². The van der Waals surface area contributed by atoms with Crippen molar-refractivity contribution in [3.8, 4) is 0 Å². The number of esters is 2. The summed E-state index contributed by atoms with van der Waals surface area (Å²) in [4.78, 5) is 35.0. The minimum absolute atomic E-state index is 0.172. The molecule has 0 unspecified atom stereocenters. The molecule has 0 bridgehead atoms. The van der Waals surface area contributed by atoms with Gasteiger partial charge in [-0.1, -0.05) is 26.0 Å². The van der Waals surface area contributed by atoms with Crippen LogP contribution in [0.1, 0.15) is 25.8 Å². The summed E-state index contributed by atoms with van der Waals surface area (Å²) in [6.07, 6.45) is 2.99. The molecule has 0 spiro atoms. The molecule has 1 aromatic rings. The molecule has 0 aliphatic heterocycles. The second kappa shape index (κ2) is 10.2. The maximum absolute atomic E-state index is 12.8. The van der Waals surface area contributed by atoms with E-state index in [1.54, 1.807) is 0 Å². The van der Waals surface area contributed by atoms with Crippen molar-refractivity contribution in [3.63, 3.8) is 0 Å². The molecule has 1 aromatic carbocycles. The number of halogens is 1. The van der Waals surface area contributed by atoms with E-state index in [-0.39, 0.29) is 11.7 Å². The second-order valence-electron chi connectivity index (χ2n) is 5.77. The smallest absolute Gasteiger partial charge is 0.331 e. The van der Waals surface area contributed by atoms with Crippen LogP contribution < -0.4 is 5.32 Å². The quantitative estimate of drug-likeness (QED) is 0.573. The van der Waals surface area contributed by atoms with Crippen LogP contribution in [0.2, 0.25) is 0 Å². The summed E-state index contributed by atoms with van der Waals surface area (Å²) >= 11 is 0. The van der Waals surface area contributed by atoms with Gasteiger partial charge in [0.15, 0.2) is 6.61 Å². The number of nitrogens with one attached hydrogen (secondary N) is 1. The molecule has 0 saturated heterocycles. The van der Waals surface area contributed by atoms with Crippen molar-refractivity contribution in [1.29, 1.82) is 0 Å². The lowest BCUT2D eigenvalue weighted by atomic mass is 10.0. The molecule has 6 nitrogen and oxygen atoms in total. The summed E-state index contributed by atoms with van der Waals surface area (Å²) in [6, 6.07) is 4.74. The Hall–Kier alpha value is -2.70. The first-order valence-corrected chi connectivity index (χ1v) is 7.79. The number of rotatable bonds is 8. The van der Waals surface area contributed by atoms with Crippen LogP contribution in [0.25, 0.3) is 6.08 Å². The first-order valence-electron chi connectivity index (χ1n) is 7.79. The van der Waals surface area contributed by atoms with E-state index in [0.717, 1.165) is 6.08 Å². The Labute approximate surface area is 146 Å². The molecule has 0 radical (unpaired) electrons. The van der Waals surface area contributed by atoms with Crippen molar-refractivity contribution in [2.24, 2.45) is 5.92 Å². The molecule has 25 heavy (non-hydrogen) atoms. The molecule has 1 rings (SSSR count). The number of amides is 1. The van der Waals surface area contributed by atoms with Gasteiger partial charge in [0.2, 0.25) is 0 Å². The highest BCUT2D eigenvalue weighted by atomic mass is 19.1. The number of methoxy groups -OCH3 is 1. The Bertz CT molecular complexity index is 625. The Morgan fingerprint density at radius 1 is 1.20 bits per heavy atom. The number of carbonyl (C=O) groups is 3. The van der Waals surface area contributed by atoms with Crippen LogP contribution >= 0.6 is 0 Å². The number of ether oxygens (including phenoxy) is 2. The normalized spacial score (nSPS) is 12.0. The summed E-state index contributed by atoms with van der Waals surface area (Å²) in [7, 11) is 1.24. The summed E-state index contributed by atoms with van der Waals surface area (Å²) in [5, 5.41) is 2.48. The van der Waals surface area contributed by atoms with Crippen LogP contribution in [0.5, 0.6) is 0 Å². The van der Waals surface area contributed by atoms with E-state index >= 15 is 0 Å². The zero-order valence-electron chi connectivity index (χ0n) is 14.5. The van der Waals surface area contributed by atoms with Gasteiger partial charge in [-0.15, -0.1) is 0 Å². The summed E-state index contributed by atoms with van der Waals surface area (Å²) in [5.74, 6) is -2.08. The highest BCUT2D eigenvalue weighted by Gasteiger charge is 2.22. The SMILES string of the molecule is COC(=O)[C@H](CC(C)C)NC(=O)COC(=O)/C=C/c1ccc(F)cc1. The highest BCUT2D eigenvalue weighted by molar-refractivity contribution is 5.90. The van der Waals surface area contributed by atoms with Crippen molar-refractivity contribution < 1.29 is 28.2 Å². The average Bonchev–Trinajstić information content (AvgIpc) is 2.57. The monoisotopic (exact) mass is 351 g/mol. The number of carbonyl (C=O) groups excluding carboxylic acids is 3. The van der Waals surface area contributed by atoms with Crippen molar-refractivity contribution in [2.45, 2.75) is 26.3 Å². The van der Waals surface area contributed by atoms with Gasteiger partial charge in [0.05, 0.1) is 7.11 Å². The third-order valence-corrected chi connectivity index (χ3v) is 3.16. The first kappa shape index (κ1) is 20.3. The molecule has 0 heterocycles. The Morgan fingerprint density at radius 2 is 1.84 bits per heavy atom. The second-order valence-corrected chi connectivity index (χ2v) is 5.77. The van der Waals surface area contributed by atoms with Gasteiger partial charge >= 0.3 is 11.9 Å². The van der Waals surface area contributed by atoms with Crippen molar-refractivity contribution in [3.05, 3.63) is 41.7 Å². The van der Waals surface area contributed by atoms with Gasteiger partial charge in [-0.25, -0.2) is 14.0 Å². The van der Waals surface area contributed by atoms with Gasteiger partial charge in [0.25, 0.3) is 5.91 Å². The van der Waals surface area contributed by atoms with Crippen LogP contribution in [-0.2, 0) is 23.9 Å². The summed E-state index contributed by atoms with van der Waals surface area (Å²) < 4.78 is 22.2. The lowest BCUT2D eigenvalue weighted by Gasteiger charge is -2.18. The fourth-order valence-corrected chi connectivity index (χ4v) is 1.99. The molecule has 0 aliphatic carbocycles. The number of hydrogen-bond acceptors (Lipinski definition) is 5. The van der Waals surface area contributed by atoms with E-state index in [9.17, 15) is 18.8 Å². The van der Waals surface area contributed by atoms with Gasteiger partial charge in [0, 0.05) is 6.08 Å². The molecular formula is C18H22FNO5. The number of hydrogen-bond donors (Lipinski definition) is 1. The standard InChI is InChI=1S/C18H22FNO5/c1-12(2)10-15(18(23)24-3)20-16(21)11-25-17(22)9-6-13-4-7-14(19)8-5-13/h4-9,12,15H,10-11H2,1-3H3,(H,20,21)/b9-6+/t15-/m0/s1. The predicted octanol–water partition coefficient (Wildman–Crippen LogP) is 2.09. The Balaban J connectivity index is 2.47. The molecule has 1 amide bonds. The fourth-order valence-electron chi connectivity index (χ4n) is 1.99. The zero-order valence-corrected chi connectivity index (χ0v) is 14.5. The van der Waals surface area contributed by atoms with Crippen LogP contribution in [0.3, 0.4) is 0 Å². The van der Waals surface area contributed by atoms with E-state index in [1.165, 1.54) is 37.5 Å². The lowest BCUT2D eigenvalue weighted by Crippen LogP contribution is -2.44. The van der Waals surface area contributed by atoms with Gasteiger partial charge in [-0.2, -0.15) is 0 Å². The zero-order chi connectivity index (χ0) is 18.8. The average molecular weight is 351 g/mol. The minimum Gasteiger partial charge on any atom is -0.467 e. The van der Waals surface area contributed by atoms with Crippen LogP contribution in [-0.4, -0.2) is 37.6 Å². The predicted molar refractivity (Wildman–Crippen MR) is 89.8 cm³/mol. The van der Waals surface area contributed by atoms with Gasteiger partial charge in [-0.05, 0) is 36.1 Å². The molecular weight excluding hydrogens is 329 g/mol. The van der Waals surface area contributed by atoms with E-state index in [4.69, 9.17) is 4.74 Å². The molecule has 0 aliphatic rings. The topological polar surface area (TPSA) is 81.7 Å². The van der Waals surface area contributed by atoms with E-state index in [2.05, 4.69) is 10.1 Å². The van der Waals surface area contributed by atoms with E-state index < -0.39 is 30.5 Å². The molecule has 0 fully saturated rings. The Morgan fingerprint density at radius 3 is 2.40 bits per heavy atom. The molecule has 1 atom stereocenters. The molecule has 1 N–H and O–H groups in total. The van der Waals surface area contributed by atoms with Crippen LogP contribution in [0.4, 0.5) is 4.39 Å². The van der Waals surface area contributed by atoms with Gasteiger partial charge < -0.3 is 14.8 Å². The summed E-state index contributed by atoms with van der Waals surface area (Å²) in [6.45, 7) is 3.29. The van der Waals surface area contributed by atoms with Crippen molar-refractivity contribution in [1.82, 2.24) is 5.32 Å². The largest absolute Gasteiger partial charge is 0.467 e. The van der Waals surface area contributed by atoms with E-state index in [1.807, 2.05) is 13.8 Å². The van der Waals surface area contributed by atoms with Gasteiger partial charge in [-0.3, -0.25) is 4.79 Å². The first-order chi connectivity index (χ1) is 11.8.